The van der Waals surface area contributed by atoms with Crippen molar-refractivity contribution in [3.63, 3.8) is 0 Å². The average molecular weight is 130 g/mol. The van der Waals surface area contributed by atoms with Crippen molar-refractivity contribution in [3.8, 4) is 0 Å². The highest BCUT2D eigenvalue weighted by Gasteiger charge is 1.79. The van der Waals surface area contributed by atoms with Gasteiger partial charge in [0.25, 0.3) is 0 Å². The predicted octanol–water partition coefficient (Wildman–Crippen LogP) is 1.86. The van der Waals surface area contributed by atoms with Crippen LogP contribution in [0.15, 0.2) is 0 Å². The largest absolute Gasteiger partial charge is 0.673 e. The summed E-state index contributed by atoms with van der Waals surface area (Å²) in [5.74, 6) is 0. The zero-order chi connectivity index (χ0) is 5.86. The first-order chi connectivity index (χ1) is 3.13. The molecule has 0 spiro atoms. The van der Waals surface area contributed by atoms with Gasteiger partial charge in [-0.05, 0) is 0 Å². The van der Waals surface area contributed by atoms with Crippen molar-refractivity contribution in [2.45, 2.75) is 26.2 Å². The van der Waals surface area contributed by atoms with Crippen molar-refractivity contribution in [1.29, 1.82) is 0 Å². The van der Waals surface area contributed by atoms with Crippen molar-refractivity contribution in [2.75, 3.05) is 0 Å². The lowest BCUT2D eigenvalue weighted by Gasteiger charge is -2.26. The van der Waals surface area contributed by atoms with E-state index in [0.29, 0.717) is 0 Å². The van der Waals surface area contributed by atoms with Crippen LogP contribution in [-0.2, 0) is 0 Å². The summed E-state index contributed by atoms with van der Waals surface area (Å²) in [5.41, 5.74) is 0. The molecule has 0 aliphatic rings. The molecule has 0 heterocycles. The fraction of sp³-hybridized carbons (Fsp3) is 1.00. The summed E-state index contributed by atoms with van der Waals surface area (Å²) in [6.45, 7) is 8.90. The van der Waals surface area contributed by atoms with Gasteiger partial charge in [0.05, 0.1) is 0 Å². The fourth-order valence-electron chi connectivity index (χ4n) is 0.447. The summed E-state index contributed by atoms with van der Waals surface area (Å²) in [6.07, 6.45) is 0. The van der Waals surface area contributed by atoms with Crippen molar-refractivity contribution >= 4 is 17.9 Å². The Labute approximate surface area is 49.5 Å². The molecule has 42 valence electrons. The van der Waals surface area contributed by atoms with E-state index in [9.17, 15) is 0 Å². The minimum absolute atomic E-state index is 0.264. The summed E-state index contributed by atoms with van der Waals surface area (Å²) < 4.78 is 4.48. The Balaban J connectivity index is 2.95. The average Bonchev–Trinajstić information content (AvgIpc) is 1.27. The highest BCUT2D eigenvalue weighted by Crippen LogP contribution is 1.96. The summed E-state index contributed by atoms with van der Waals surface area (Å²) >= 11 is 0. The van der Waals surface area contributed by atoms with Crippen LogP contribution >= 0.6 is 0 Å². The van der Waals surface area contributed by atoms with E-state index >= 15 is 0 Å². The number of nitrogens with zero attached hydrogens (tertiary/aromatic N) is 1. The van der Waals surface area contributed by atoms with Crippen LogP contribution in [-0.4, -0.2) is 17.9 Å². The number of rotatable bonds is 2. The topological polar surface area (TPSA) is 14.1 Å². The molecule has 0 unspecified atom stereocenters. The Kier molecular flexibility index (Phi) is 3.59. The Morgan fingerprint density at radius 2 is 1.14 bits per heavy atom. The van der Waals surface area contributed by atoms with Crippen LogP contribution in [0.4, 0.5) is 0 Å². The molecule has 0 saturated carbocycles. The van der Waals surface area contributed by atoms with Gasteiger partial charge in [0.15, 0.2) is 0 Å². The minimum atomic E-state index is -0.264. The molecule has 2 radical (unpaired) electrons. The minimum Gasteiger partial charge on any atom is -0.673 e. The molecular weight excluding hydrogens is 118 g/mol. The van der Waals surface area contributed by atoms with E-state index in [1.54, 1.807) is 0 Å². The Bertz CT molecular complexity index is 39.0. The summed E-state index contributed by atoms with van der Waals surface area (Å²) in [5, 5.41) is 0. The third-order valence-electron chi connectivity index (χ3n) is 0.447. The Morgan fingerprint density at radius 1 is 0.857 bits per heavy atom. The molecule has 0 aromatic heterocycles. The lowest BCUT2D eigenvalue weighted by atomic mass is 11.9. The van der Waals surface area contributed by atoms with Crippen LogP contribution in [0.25, 0.3) is 4.65 Å². The highest BCUT2D eigenvalue weighted by atomic mass is 28.3. The van der Waals surface area contributed by atoms with E-state index in [1.807, 2.05) is 0 Å². The van der Waals surface area contributed by atoms with Gasteiger partial charge in [-0.15, -0.1) is 0 Å². The smallest absolute Gasteiger partial charge is 0.0901 e. The van der Waals surface area contributed by atoms with Gasteiger partial charge in [0.1, 0.15) is 0 Å². The van der Waals surface area contributed by atoms with Gasteiger partial charge in [0.2, 0.25) is 0 Å². The van der Waals surface area contributed by atoms with Gasteiger partial charge in [-0.3, -0.25) is 0 Å². The van der Waals surface area contributed by atoms with Gasteiger partial charge in [-0.2, -0.15) is 0 Å². The first-order valence-corrected chi connectivity index (χ1v) is 7.34. The zero-order valence-electron chi connectivity index (χ0n) is 5.45. The third kappa shape index (κ3) is 6.39. The number of hydrogen-bond acceptors (Lipinski definition) is 0. The van der Waals surface area contributed by atoms with E-state index < -0.39 is 0 Å². The van der Waals surface area contributed by atoms with Crippen molar-refractivity contribution < 1.29 is 0 Å². The molecule has 0 saturated heterocycles. The molecular formula is C4H12NSi2-. The third-order valence-corrected chi connectivity index (χ3v) is 4.02. The van der Waals surface area contributed by atoms with E-state index in [0.717, 1.165) is 0 Å². The standard InChI is InChI=1S/C4H12NSi2/c1-6(2)5-7(3)4/h1-4H3/q-1. The molecule has 0 aromatic carbocycles. The summed E-state index contributed by atoms with van der Waals surface area (Å²) in [6, 6.07) is 0. The molecule has 0 bridgehead atoms. The maximum absolute atomic E-state index is 4.48. The molecule has 0 aliphatic carbocycles. The quantitative estimate of drug-likeness (QED) is 0.507. The molecule has 0 atom stereocenters. The Morgan fingerprint density at radius 3 is 1.14 bits per heavy atom. The fourth-order valence-corrected chi connectivity index (χ4v) is 4.02. The second-order valence-corrected chi connectivity index (χ2v) is 6.69. The molecule has 0 N–H and O–H groups in total. The Hall–Kier alpha value is 0.394. The van der Waals surface area contributed by atoms with Gasteiger partial charge in [-0.1, -0.05) is 44.1 Å². The molecule has 0 aromatic rings. The molecule has 3 heteroatoms. The first-order valence-electron chi connectivity index (χ1n) is 2.45. The van der Waals surface area contributed by atoms with Crippen molar-refractivity contribution in [3.05, 3.63) is 4.65 Å². The van der Waals surface area contributed by atoms with Crippen molar-refractivity contribution in [1.82, 2.24) is 0 Å². The van der Waals surface area contributed by atoms with Crippen molar-refractivity contribution in [2.24, 2.45) is 0 Å². The number of hydrogen-bond donors (Lipinski definition) is 0. The van der Waals surface area contributed by atoms with Crippen LogP contribution < -0.4 is 0 Å². The molecule has 0 amide bonds. The molecule has 0 rings (SSSR count). The van der Waals surface area contributed by atoms with Crippen LogP contribution in [0, 0.1) is 0 Å². The lowest BCUT2D eigenvalue weighted by molar-refractivity contribution is 1.89. The lowest BCUT2D eigenvalue weighted by Crippen LogP contribution is -2.09. The van der Waals surface area contributed by atoms with E-state index in [4.69, 9.17) is 0 Å². The maximum Gasteiger partial charge on any atom is -0.0901 e. The van der Waals surface area contributed by atoms with Crippen LogP contribution in [0.3, 0.4) is 0 Å². The first kappa shape index (κ1) is 7.39. The second kappa shape index (κ2) is 3.40. The van der Waals surface area contributed by atoms with Gasteiger partial charge < -0.3 is 4.65 Å². The van der Waals surface area contributed by atoms with Crippen LogP contribution in [0.2, 0.25) is 26.2 Å². The predicted molar refractivity (Wildman–Crippen MR) is 38.3 cm³/mol. The normalized spacial score (nSPS) is 11.1. The molecule has 0 aliphatic heterocycles. The van der Waals surface area contributed by atoms with E-state index in [-0.39, 0.29) is 17.9 Å². The monoisotopic (exact) mass is 130 g/mol. The van der Waals surface area contributed by atoms with Gasteiger partial charge >= 0.3 is 0 Å². The maximum atomic E-state index is 4.48. The molecule has 0 fully saturated rings. The van der Waals surface area contributed by atoms with E-state index in [2.05, 4.69) is 30.8 Å². The second-order valence-electron chi connectivity index (χ2n) is 2.01. The van der Waals surface area contributed by atoms with Crippen LogP contribution in [0.5, 0.6) is 0 Å². The summed E-state index contributed by atoms with van der Waals surface area (Å²) in [7, 11) is -0.528. The highest BCUT2D eigenvalue weighted by molar-refractivity contribution is 6.82. The van der Waals surface area contributed by atoms with Gasteiger partial charge in [0, 0.05) is 0 Å². The zero-order valence-corrected chi connectivity index (χ0v) is 7.45. The van der Waals surface area contributed by atoms with E-state index in [1.165, 1.54) is 0 Å². The van der Waals surface area contributed by atoms with Gasteiger partial charge in [-0.25, -0.2) is 0 Å². The van der Waals surface area contributed by atoms with Crippen LogP contribution in [0.1, 0.15) is 0 Å². The molecule has 1 nitrogen and oxygen atoms in total. The SMILES string of the molecule is C[Si](C)[N-][Si](C)C. The molecule has 7 heavy (non-hydrogen) atoms. The summed E-state index contributed by atoms with van der Waals surface area (Å²) in [4.78, 5) is 0.